The summed E-state index contributed by atoms with van der Waals surface area (Å²) in [5, 5.41) is 11.0. The Morgan fingerprint density at radius 3 is 2.73 bits per heavy atom. The van der Waals surface area contributed by atoms with Crippen molar-refractivity contribution in [2.75, 3.05) is 13.1 Å². The molecule has 1 aromatic carbocycles. The minimum Gasteiger partial charge on any atom is -0.481 e. The molecule has 2 aromatic rings. The Balaban J connectivity index is 1.69. The Hall–Kier alpha value is -1.72. The van der Waals surface area contributed by atoms with Crippen LogP contribution in [0.3, 0.4) is 0 Å². The minimum atomic E-state index is -0.693. The largest absolute Gasteiger partial charge is 0.481 e. The first-order chi connectivity index (χ1) is 10.6. The SMILES string of the molecule is O=C(O)C1CCN(Cc2ccc(F)c(-c3cccs3)c2)CC1. The first-order valence-corrected chi connectivity index (χ1v) is 8.29. The number of halogens is 1. The molecule has 116 valence electrons. The second-order valence-electron chi connectivity index (χ2n) is 5.68. The number of rotatable bonds is 4. The van der Waals surface area contributed by atoms with Gasteiger partial charge < -0.3 is 5.11 Å². The summed E-state index contributed by atoms with van der Waals surface area (Å²) in [7, 11) is 0. The van der Waals surface area contributed by atoms with Crippen molar-refractivity contribution in [2.45, 2.75) is 19.4 Å². The van der Waals surface area contributed by atoms with E-state index in [2.05, 4.69) is 4.90 Å². The standard InChI is InChI=1S/C17H18FNO2S/c18-15-4-3-12(10-14(15)16-2-1-9-22-16)11-19-7-5-13(6-8-19)17(20)21/h1-4,9-10,13H,5-8,11H2,(H,20,21). The maximum Gasteiger partial charge on any atom is 0.306 e. The molecule has 1 aromatic heterocycles. The third kappa shape index (κ3) is 3.36. The number of aliphatic carboxylic acids is 1. The van der Waals surface area contributed by atoms with Crippen LogP contribution in [0.2, 0.25) is 0 Å². The van der Waals surface area contributed by atoms with Crippen molar-refractivity contribution >= 4 is 17.3 Å². The van der Waals surface area contributed by atoms with Gasteiger partial charge in [-0.05, 0) is 55.1 Å². The van der Waals surface area contributed by atoms with E-state index in [0.29, 0.717) is 18.4 Å². The molecular weight excluding hydrogens is 301 g/mol. The molecule has 0 unspecified atom stereocenters. The summed E-state index contributed by atoms with van der Waals surface area (Å²) in [5.41, 5.74) is 1.71. The predicted octanol–water partition coefficient (Wildman–Crippen LogP) is 3.85. The number of hydrogen-bond donors (Lipinski definition) is 1. The molecule has 1 saturated heterocycles. The molecule has 2 heterocycles. The highest BCUT2D eigenvalue weighted by atomic mass is 32.1. The van der Waals surface area contributed by atoms with Crippen LogP contribution in [0.1, 0.15) is 18.4 Å². The summed E-state index contributed by atoms with van der Waals surface area (Å²) in [6, 6.07) is 9.09. The fourth-order valence-electron chi connectivity index (χ4n) is 2.89. The third-order valence-corrected chi connectivity index (χ3v) is 5.06. The van der Waals surface area contributed by atoms with Crippen LogP contribution in [0.25, 0.3) is 10.4 Å². The maximum atomic E-state index is 14.0. The number of hydrogen-bond acceptors (Lipinski definition) is 3. The average Bonchev–Trinajstić information content (AvgIpc) is 3.04. The Bertz CT molecular complexity index is 649. The summed E-state index contributed by atoms with van der Waals surface area (Å²) in [6.07, 6.45) is 1.38. The van der Waals surface area contributed by atoms with E-state index in [1.807, 2.05) is 29.6 Å². The number of nitrogens with zero attached hydrogens (tertiary/aromatic N) is 1. The highest BCUT2D eigenvalue weighted by Gasteiger charge is 2.24. The molecule has 1 aliphatic heterocycles. The van der Waals surface area contributed by atoms with Crippen molar-refractivity contribution in [3.8, 4) is 10.4 Å². The van der Waals surface area contributed by atoms with E-state index >= 15 is 0 Å². The van der Waals surface area contributed by atoms with Gasteiger partial charge in [-0.15, -0.1) is 11.3 Å². The summed E-state index contributed by atoms with van der Waals surface area (Å²) >= 11 is 1.53. The van der Waals surface area contributed by atoms with Crippen molar-refractivity contribution in [3.63, 3.8) is 0 Å². The maximum absolute atomic E-state index is 14.0. The summed E-state index contributed by atoms with van der Waals surface area (Å²) in [4.78, 5) is 14.1. The third-order valence-electron chi connectivity index (χ3n) is 4.16. The molecule has 0 spiro atoms. The zero-order chi connectivity index (χ0) is 15.5. The van der Waals surface area contributed by atoms with Crippen molar-refractivity contribution in [1.29, 1.82) is 0 Å². The van der Waals surface area contributed by atoms with Gasteiger partial charge in [0.1, 0.15) is 5.82 Å². The van der Waals surface area contributed by atoms with Crippen LogP contribution < -0.4 is 0 Å². The average molecular weight is 319 g/mol. The molecule has 22 heavy (non-hydrogen) atoms. The highest BCUT2D eigenvalue weighted by molar-refractivity contribution is 7.13. The summed E-state index contributed by atoms with van der Waals surface area (Å²) < 4.78 is 14.0. The van der Waals surface area contributed by atoms with Crippen molar-refractivity contribution in [1.82, 2.24) is 4.90 Å². The second-order valence-corrected chi connectivity index (χ2v) is 6.63. The van der Waals surface area contributed by atoms with Crippen molar-refractivity contribution < 1.29 is 14.3 Å². The van der Waals surface area contributed by atoms with E-state index in [1.54, 1.807) is 0 Å². The van der Waals surface area contributed by atoms with Crippen LogP contribution in [-0.4, -0.2) is 29.1 Å². The lowest BCUT2D eigenvalue weighted by Crippen LogP contribution is -2.35. The molecular formula is C17H18FNO2S. The van der Waals surface area contributed by atoms with Gasteiger partial charge in [-0.2, -0.15) is 0 Å². The zero-order valence-corrected chi connectivity index (χ0v) is 13.0. The van der Waals surface area contributed by atoms with E-state index in [4.69, 9.17) is 5.11 Å². The van der Waals surface area contributed by atoms with Crippen molar-refractivity contribution in [3.05, 3.63) is 47.1 Å². The molecule has 0 bridgehead atoms. The molecule has 1 fully saturated rings. The molecule has 1 N–H and O–H groups in total. The predicted molar refractivity (Wildman–Crippen MR) is 85.3 cm³/mol. The van der Waals surface area contributed by atoms with Gasteiger partial charge in [0, 0.05) is 17.0 Å². The number of carboxylic acid groups (broad SMARTS) is 1. The normalized spacial score (nSPS) is 16.8. The van der Waals surface area contributed by atoms with Gasteiger partial charge in [0.25, 0.3) is 0 Å². The monoisotopic (exact) mass is 319 g/mol. The quantitative estimate of drug-likeness (QED) is 0.930. The topological polar surface area (TPSA) is 40.5 Å². The molecule has 0 aliphatic carbocycles. The lowest BCUT2D eigenvalue weighted by atomic mass is 9.96. The first kappa shape index (κ1) is 15.2. The fourth-order valence-corrected chi connectivity index (χ4v) is 3.63. The van der Waals surface area contributed by atoms with Gasteiger partial charge in [-0.1, -0.05) is 12.1 Å². The van der Waals surface area contributed by atoms with E-state index in [0.717, 1.165) is 30.1 Å². The van der Waals surface area contributed by atoms with E-state index < -0.39 is 5.97 Å². The van der Waals surface area contributed by atoms with Crippen molar-refractivity contribution in [2.24, 2.45) is 5.92 Å². The van der Waals surface area contributed by atoms with Gasteiger partial charge in [0.05, 0.1) is 5.92 Å². The summed E-state index contributed by atoms with van der Waals surface area (Å²) in [6.45, 7) is 2.30. The number of thiophene rings is 1. The van der Waals surface area contributed by atoms with Crippen LogP contribution in [0.15, 0.2) is 35.7 Å². The smallest absolute Gasteiger partial charge is 0.306 e. The fraction of sp³-hybridized carbons (Fsp3) is 0.353. The highest BCUT2D eigenvalue weighted by Crippen LogP contribution is 2.29. The number of carboxylic acids is 1. The zero-order valence-electron chi connectivity index (χ0n) is 12.2. The summed E-state index contributed by atoms with van der Waals surface area (Å²) in [5.74, 6) is -1.11. The lowest BCUT2D eigenvalue weighted by molar-refractivity contribution is -0.143. The number of carbonyl (C=O) groups is 1. The van der Waals surface area contributed by atoms with Crippen LogP contribution in [0, 0.1) is 11.7 Å². The molecule has 3 rings (SSSR count). The van der Waals surface area contributed by atoms with Gasteiger partial charge in [-0.25, -0.2) is 4.39 Å². The molecule has 5 heteroatoms. The Labute approximate surface area is 133 Å². The van der Waals surface area contributed by atoms with Gasteiger partial charge in [-0.3, -0.25) is 9.69 Å². The molecule has 0 saturated carbocycles. The minimum absolute atomic E-state index is 0.198. The van der Waals surface area contributed by atoms with E-state index in [1.165, 1.54) is 17.4 Å². The van der Waals surface area contributed by atoms with Crippen LogP contribution in [0.4, 0.5) is 4.39 Å². The van der Waals surface area contributed by atoms with Gasteiger partial charge in [0.2, 0.25) is 0 Å². The van der Waals surface area contributed by atoms with Gasteiger partial charge in [0.15, 0.2) is 0 Å². The van der Waals surface area contributed by atoms with E-state index in [9.17, 15) is 9.18 Å². The Morgan fingerprint density at radius 2 is 2.09 bits per heavy atom. The number of likely N-dealkylation sites (tertiary alicyclic amines) is 1. The lowest BCUT2D eigenvalue weighted by Gasteiger charge is -2.30. The molecule has 0 amide bonds. The number of benzene rings is 1. The Kier molecular flexibility index (Phi) is 4.55. The Morgan fingerprint density at radius 1 is 1.32 bits per heavy atom. The first-order valence-electron chi connectivity index (χ1n) is 7.41. The molecule has 0 radical (unpaired) electrons. The second kappa shape index (κ2) is 6.58. The number of piperidine rings is 1. The van der Waals surface area contributed by atoms with Crippen LogP contribution >= 0.6 is 11.3 Å². The van der Waals surface area contributed by atoms with Crippen LogP contribution in [-0.2, 0) is 11.3 Å². The molecule has 1 aliphatic rings. The molecule has 3 nitrogen and oxygen atoms in total. The van der Waals surface area contributed by atoms with E-state index in [-0.39, 0.29) is 11.7 Å². The van der Waals surface area contributed by atoms with Gasteiger partial charge >= 0.3 is 5.97 Å². The van der Waals surface area contributed by atoms with Crippen LogP contribution in [0.5, 0.6) is 0 Å². The molecule has 0 atom stereocenters.